The lowest BCUT2D eigenvalue weighted by molar-refractivity contribution is 0.804. The van der Waals surface area contributed by atoms with Crippen molar-refractivity contribution in [3.63, 3.8) is 0 Å². The lowest BCUT2D eigenvalue weighted by Gasteiger charge is -2.05. The van der Waals surface area contributed by atoms with E-state index in [1.807, 2.05) is 0 Å². The van der Waals surface area contributed by atoms with Crippen molar-refractivity contribution in [2.24, 2.45) is 0 Å². The Morgan fingerprint density at radius 3 is 2.89 bits per heavy atom. The van der Waals surface area contributed by atoms with E-state index in [4.69, 9.17) is 12.2 Å². The molecule has 0 unspecified atom stereocenters. The van der Waals surface area contributed by atoms with E-state index in [2.05, 4.69) is 51.8 Å². The number of aromatic nitrogens is 4. The van der Waals surface area contributed by atoms with Crippen molar-refractivity contribution in [2.75, 3.05) is 0 Å². The van der Waals surface area contributed by atoms with Crippen LogP contribution in [-0.2, 0) is 13.0 Å². The zero-order chi connectivity index (χ0) is 12.7. The van der Waals surface area contributed by atoms with Gasteiger partial charge in [0.15, 0.2) is 5.65 Å². The molecule has 1 aromatic carbocycles. The van der Waals surface area contributed by atoms with Crippen LogP contribution in [0, 0.1) is 4.77 Å². The quantitative estimate of drug-likeness (QED) is 0.718. The molecule has 0 spiro atoms. The summed E-state index contributed by atoms with van der Waals surface area (Å²) >= 11 is 5.07. The molecule has 0 amide bonds. The lowest BCUT2D eigenvalue weighted by Crippen LogP contribution is -1.98. The molecule has 0 aliphatic carbocycles. The Balaban J connectivity index is 2.61. The summed E-state index contributed by atoms with van der Waals surface area (Å²) in [4.78, 5) is 4.42. The molecule has 2 heterocycles. The molecule has 3 rings (SSSR count). The standard InChI is InChI=1S/C13H14N4S/c1-3-8-6-5-7-9-10-12(14-13(18)16-15-10)17(4-2)11(8)9/h5-7H,3-4H2,1-2H3,(H,14,16,18). The zero-order valence-corrected chi connectivity index (χ0v) is 11.2. The fraction of sp³-hybridized carbons (Fsp3) is 0.308. The first-order valence-electron chi connectivity index (χ1n) is 6.12. The molecule has 0 atom stereocenters. The van der Waals surface area contributed by atoms with Gasteiger partial charge in [0.2, 0.25) is 4.77 Å². The van der Waals surface area contributed by atoms with E-state index in [-0.39, 0.29) is 0 Å². The first-order chi connectivity index (χ1) is 8.76. The summed E-state index contributed by atoms with van der Waals surface area (Å²) in [5, 5.41) is 8.27. The van der Waals surface area contributed by atoms with Gasteiger partial charge < -0.3 is 4.57 Å². The molecule has 4 nitrogen and oxygen atoms in total. The minimum absolute atomic E-state index is 0.429. The number of hydrogen-bond donors (Lipinski definition) is 1. The van der Waals surface area contributed by atoms with Crippen molar-refractivity contribution in [3.05, 3.63) is 28.5 Å². The number of para-hydroxylation sites is 1. The summed E-state index contributed by atoms with van der Waals surface area (Å²) in [6, 6.07) is 6.32. The van der Waals surface area contributed by atoms with Crippen LogP contribution < -0.4 is 0 Å². The van der Waals surface area contributed by atoms with E-state index < -0.39 is 0 Å². The van der Waals surface area contributed by atoms with Gasteiger partial charge in [-0.25, -0.2) is 0 Å². The van der Waals surface area contributed by atoms with Crippen molar-refractivity contribution in [2.45, 2.75) is 26.8 Å². The van der Waals surface area contributed by atoms with Gasteiger partial charge in [-0.15, -0.1) is 0 Å². The maximum absolute atomic E-state index is 5.07. The third-order valence-corrected chi connectivity index (χ3v) is 3.46. The second kappa shape index (κ2) is 4.17. The van der Waals surface area contributed by atoms with Crippen LogP contribution >= 0.6 is 12.2 Å². The summed E-state index contributed by atoms with van der Waals surface area (Å²) in [5.41, 5.74) is 4.32. The minimum Gasteiger partial charge on any atom is -0.324 e. The zero-order valence-electron chi connectivity index (χ0n) is 10.4. The topological polar surface area (TPSA) is 46.5 Å². The van der Waals surface area contributed by atoms with E-state index >= 15 is 0 Å². The largest absolute Gasteiger partial charge is 0.324 e. The summed E-state index contributed by atoms with van der Waals surface area (Å²) in [5.74, 6) is 0. The molecule has 1 N–H and O–H groups in total. The van der Waals surface area contributed by atoms with Gasteiger partial charge in [-0.3, -0.25) is 5.10 Å². The SMILES string of the molecule is CCc1cccc2c3n[nH]c(=S)nc3n(CC)c12. The number of nitrogens with one attached hydrogen (secondary N) is 1. The molecule has 0 bridgehead atoms. The Kier molecular flexibility index (Phi) is 2.63. The maximum atomic E-state index is 5.07. The van der Waals surface area contributed by atoms with Crippen molar-refractivity contribution in [1.29, 1.82) is 0 Å². The van der Waals surface area contributed by atoms with Crippen LogP contribution in [0.1, 0.15) is 19.4 Å². The van der Waals surface area contributed by atoms with Crippen molar-refractivity contribution >= 4 is 34.3 Å². The highest BCUT2D eigenvalue weighted by atomic mass is 32.1. The van der Waals surface area contributed by atoms with Crippen LogP contribution in [0.2, 0.25) is 0 Å². The maximum Gasteiger partial charge on any atom is 0.215 e. The Morgan fingerprint density at radius 1 is 1.33 bits per heavy atom. The van der Waals surface area contributed by atoms with Gasteiger partial charge >= 0.3 is 0 Å². The van der Waals surface area contributed by atoms with Gasteiger partial charge in [0.25, 0.3) is 0 Å². The Hall–Kier alpha value is -1.75. The predicted octanol–water partition coefficient (Wildman–Crippen LogP) is 3.22. The average molecular weight is 258 g/mol. The first-order valence-corrected chi connectivity index (χ1v) is 6.53. The van der Waals surface area contributed by atoms with Gasteiger partial charge in [-0.1, -0.05) is 25.1 Å². The molecule has 0 aliphatic heterocycles. The van der Waals surface area contributed by atoms with Crippen LogP contribution in [0.5, 0.6) is 0 Å². The molecule has 2 aromatic heterocycles. The molecule has 92 valence electrons. The summed E-state index contributed by atoms with van der Waals surface area (Å²) in [6.07, 6.45) is 0.998. The number of benzene rings is 1. The Morgan fingerprint density at radius 2 is 2.17 bits per heavy atom. The van der Waals surface area contributed by atoms with E-state index in [1.165, 1.54) is 11.1 Å². The van der Waals surface area contributed by atoms with Crippen molar-refractivity contribution in [3.8, 4) is 0 Å². The molecule has 5 heteroatoms. The highest BCUT2D eigenvalue weighted by Gasteiger charge is 2.14. The molecule has 0 fully saturated rings. The number of H-pyrrole nitrogens is 1. The lowest BCUT2D eigenvalue weighted by atomic mass is 10.1. The van der Waals surface area contributed by atoms with Gasteiger partial charge in [0.1, 0.15) is 5.52 Å². The second-order valence-electron chi connectivity index (χ2n) is 4.22. The molecular weight excluding hydrogens is 244 g/mol. The summed E-state index contributed by atoms with van der Waals surface area (Å²) < 4.78 is 2.62. The number of rotatable bonds is 2. The van der Waals surface area contributed by atoms with Crippen LogP contribution in [-0.4, -0.2) is 19.7 Å². The number of aromatic amines is 1. The first kappa shape index (κ1) is 11.3. The number of fused-ring (bicyclic) bond motifs is 3. The van der Waals surface area contributed by atoms with Gasteiger partial charge in [0.05, 0.1) is 5.52 Å². The average Bonchev–Trinajstić information content (AvgIpc) is 2.71. The number of nitrogens with zero attached hydrogens (tertiary/aromatic N) is 3. The minimum atomic E-state index is 0.429. The number of aryl methyl sites for hydroxylation is 2. The van der Waals surface area contributed by atoms with Gasteiger partial charge in [-0.05, 0) is 31.1 Å². The summed E-state index contributed by atoms with van der Waals surface area (Å²) in [6.45, 7) is 5.15. The van der Waals surface area contributed by atoms with E-state index in [0.717, 1.165) is 29.5 Å². The smallest absolute Gasteiger partial charge is 0.215 e. The highest BCUT2D eigenvalue weighted by Crippen LogP contribution is 2.28. The molecular formula is C13H14N4S. The van der Waals surface area contributed by atoms with Crippen molar-refractivity contribution in [1.82, 2.24) is 19.7 Å². The third kappa shape index (κ3) is 1.47. The second-order valence-corrected chi connectivity index (χ2v) is 4.61. The Labute approximate surface area is 110 Å². The normalized spacial score (nSPS) is 11.4. The van der Waals surface area contributed by atoms with Crippen LogP contribution in [0.15, 0.2) is 18.2 Å². The molecule has 3 aromatic rings. The summed E-state index contributed by atoms with van der Waals surface area (Å²) in [7, 11) is 0. The van der Waals surface area contributed by atoms with E-state index in [1.54, 1.807) is 0 Å². The fourth-order valence-corrected chi connectivity index (χ4v) is 2.63. The number of hydrogen-bond acceptors (Lipinski definition) is 3. The van der Waals surface area contributed by atoms with E-state index in [9.17, 15) is 0 Å². The van der Waals surface area contributed by atoms with Crippen LogP contribution in [0.3, 0.4) is 0 Å². The molecule has 0 saturated carbocycles. The van der Waals surface area contributed by atoms with Gasteiger partial charge in [0, 0.05) is 11.9 Å². The monoisotopic (exact) mass is 258 g/mol. The molecule has 0 saturated heterocycles. The molecule has 0 radical (unpaired) electrons. The van der Waals surface area contributed by atoms with Gasteiger partial charge in [-0.2, -0.15) is 10.1 Å². The molecule has 0 aliphatic rings. The Bertz CT molecular complexity index is 785. The van der Waals surface area contributed by atoms with Crippen LogP contribution in [0.4, 0.5) is 0 Å². The van der Waals surface area contributed by atoms with Crippen LogP contribution in [0.25, 0.3) is 22.1 Å². The fourth-order valence-electron chi connectivity index (χ4n) is 2.50. The highest BCUT2D eigenvalue weighted by molar-refractivity contribution is 7.71. The molecule has 18 heavy (non-hydrogen) atoms. The van der Waals surface area contributed by atoms with E-state index in [0.29, 0.717) is 4.77 Å². The predicted molar refractivity (Wildman–Crippen MR) is 75.3 cm³/mol. The van der Waals surface area contributed by atoms with Crippen molar-refractivity contribution < 1.29 is 0 Å². The third-order valence-electron chi connectivity index (χ3n) is 3.28.